The Morgan fingerprint density at radius 3 is 2.00 bits per heavy atom. The monoisotopic (exact) mass is 694 g/mol. The molecule has 2 amide bonds. The third-order valence-corrected chi connectivity index (χ3v) is 6.16. The minimum atomic E-state index is -3.90. The fourth-order valence-corrected chi connectivity index (χ4v) is 3.54. The lowest BCUT2D eigenvalue weighted by Gasteiger charge is -2.05. The maximum Gasteiger partial charge on any atom is 0.284 e. The summed E-state index contributed by atoms with van der Waals surface area (Å²) in [6, 6.07) is 6.30. The molecule has 188 valence electrons. The number of sulfonamides is 1. The molecule has 0 fully saturated rings. The summed E-state index contributed by atoms with van der Waals surface area (Å²) in [4.78, 5) is 32.2. The van der Waals surface area contributed by atoms with Crippen LogP contribution in [-0.4, -0.2) is 45.1 Å². The number of halogens is 3. The average molecular weight is 697 g/mol. The molecule has 0 unspecified atom stereocenters. The highest BCUT2D eigenvalue weighted by Gasteiger charge is 2.13. The number of aromatic nitrogens is 4. The molecule has 0 aliphatic rings. The molecule has 6 N–H and O–H groups in total. The molecule has 35 heavy (non-hydrogen) atoms. The predicted molar refractivity (Wildman–Crippen MR) is 140 cm³/mol. The van der Waals surface area contributed by atoms with Gasteiger partial charge in [0.15, 0.2) is 5.49 Å². The van der Waals surface area contributed by atoms with Crippen LogP contribution in [0.2, 0.25) is 0 Å². The molecule has 12 nitrogen and oxygen atoms in total. The number of nitrogens with zero attached hydrogens (tertiary/aromatic N) is 5. The SMILES string of the molecule is Cc1ccc(S(=O)(=O)N=c2cnc(Br)cn2CC(N)=O)cc1.NC(=O)CBr.Nc1cnc(Br)cn1. The number of primary amides is 2. The molecule has 0 aliphatic carbocycles. The second kappa shape index (κ2) is 14.7. The van der Waals surface area contributed by atoms with Crippen LogP contribution in [0.4, 0.5) is 5.82 Å². The average Bonchev–Trinajstić information content (AvgIpc) is 2.78. The molecule has 2 heterocycles. The summed E-state index contributed by atoms with van der Waals surface area (Å²) in [6.45, 7) is 1.65. The van der Waals surface area contributed by atoms with Crippen LogP contribution >= 0.6 is 47.8 Å². The number of nitrogen functional groups attached to an aromatic ring is 1. The first-order chi connectivity index (χ1) is 16.3. The molecule has 1 aromatic carbocycles. The second-order valence-corrected chi connectivity index (χ2v) is 10.2. The summed E-state index contributed by atoms with van der Waals surface area (Å²) in [6.07, 6.45) is 5.73. The lowest BCUT2D eigenvalue weighted by atomic mass is 10.2. The molecule has 0 radical (unpaired) electrons. The van der Waals surface area contributed by atoms with Gasteiger partial charge in [0.2, 0.25) is 11.8 Å². The Balaban J connectivity index is 0.000000385. The molecule has 0 bridgehead atoms. The van der Waals surface area contributed by atoms with E-state index in [1.165, 1.54) is 35.3 Å². The van der Waals surface area contributed by atoms with Gasteiger partial charge in [0.1, 0.15) is 21.6 Å². The number of nitrogens with two attached hydrogens (primary N) is 3. The summed E-state index contributed by atoms with van der Waals surface area (Å²) in [5.41, 5.74) is 15.9. The first-order valence-corrected chi connectivity index (χ1v) is 13.4. The van der Waals surface area contributed by atoms with Crippen molar-refractivity contribution in [3.05, 3.63) is 69.3 Å². The van der Waals surface area contributed by atoms with Crippen LogP contribution in [0.25, 0.3) is 0 Å². The molecule has 0 saturated heterocycles. The lowest BCUT2D eigenvalue weighted by molar-refractivity contribution is -0.118. The smallest absolute Gasteiger partial charge is 0.284 e. The number of hydrogen-bond acceptors (Lipinski definition) is 8. The fraction of sp³-hybridized carbons (Fsp3) is 0.158. The number of rotatable bonds is 5. The van der Waals surface area contributed by atoms with Crippen molar-refractivity contribution in [2.45, 2.75) is 18.4 Å². The van der Waals surface area contributed by atoms with Crippen molar-refractivity contribution in [3.63, 3.8) is 0 Å². The Bertz CT molecular complexity index is 1290. The number of aryl methyl sites for hydroxylation is 1. The molecule has 16 heteroatoms. The molecule has 0 saturated carbocycles. The molecule has 3 aromatic rings. The van der Waals surface area contributed by atoms with Gasteiger partial charge in [0.05, 0.1) is 28.8 Å². The van der Waals surface area contributed by atoms with E-state index in [1.54, 1.807) is 18.3 Å². The molecule has 3 rings (SSSR count). The van der Waals surface area contributed by atoms with Gasteiger partial charge in [-0.3, -0.25) is 9.59 Å². The quantitative estimate of drug-likeness (QED) is 0.332. The van der Waals surface area contributed by atoms with Gasteiger partial charge >= 0.3 is 0 Å². The normalized spacial score (nSPS) is 10.9. The van der Waals surface area contributed by atoms with Crippen LogP contribution in [0, 0.1) is 6.92 Å². The standard InChI is InChI=1S/C13H13BrN4O3S.C4H4BrN3.C2H4BrNO/c1-9-2-4-10(5-3-9)22(20,21)17-13-6-16-11(14)7-18(13)8-12(15)19;5-3-1-8-4(6)2-7-3;3-1-2(4)5/h2-7H,8H2,1H3,(H2,15,19);1-2H,(H2,6,8);1H2,(H2,4,5). The van der Waals surface area contributed by atoms with Crippen LogP contribution in [-0.2, 0) is 26.2 Å². The van der Waals surface area contributed by atoms with E-state index in [0.717, 1.165) is 5.56 Å². The summed E-state index contributed by atoms with van der Waals surface area (Å²) in [5, 5.41) is 0.257. The van der Waals surface area contributed by atoms with E-state index in [0.29, 0.717) is 15.0 Å². The van der Waals surface area contributed by atoms with Crippen molar-refractivity contribution in [2.24, 2.45) is 15.9 Å². The highest BCUT2D eigenvalue weighted by atomic mass is 79.9. The van der Waals surface area contributed by atoms with Gasteiger partial charge in [-0.25, -0.2) is 15.0 Å². The van der Waals surface area contributed by atoms with Crippen LogP contribution < -0.4 is 22.7 Å². The Hall–Kier alpha value is -2.69. The zero-order valence-electron chi connectivity index (χ0n) is 18.2. The maximum atomic E-state index is 12.3. The number of amides is 2. The van der Waals surface area contributed by atoms with Crippen molar-refractivity contribution < 1.29 is 18.0 Å². The van der Waals surface area contributed by atoms with Crippen molar-refractivity contribution >= 4 is 75.4 Å². The third kappa shape index (κ3) is 12.0. The molecule has 2 aromatic heterocycles. The fourth-order valence-electron chi connectivity index (χ4n) is 2.00. The summed E-state index contributed by atoms with van der Waals surface area (Å²) >= 11 is 9.10. The van der Waals surface area contributed by atoms with E-state index >= 15 is 0 Å². The Morgan fingerprint density at radius 2 is 1.54 bits per heavy atom. The van der Waals surface area contributed by atoms with Crippen LogP contribution in [0.15, 0.2) is 67.6 Å². The van der Waals surface area contributed by atoms with Crippen molar-refractivity contribution in [1.29, 1.82) is 0 Å². The van der Waals surface area contributed by atoms with Crippen LogP contribution in [0.1, 0.15) is 5.56 Å². The summed E-state index contributed by atoms with van der Waals surface area (Å²) < 4.78 is 30.8. The Labute approximate surface area is 226 Å². The first kappa shape index (κ1) is 30.3. The predicted octanol–water partition coefficient (Wildman–Crippen LogP) is 1.42. The van der Waals surface area contributed by atoms with Crippen molar-refractivity contribution in [3.8, 4) is 0 Å². The van der Waals surface area contributed by atoms with Gasteiger partial charge in [-0.1, -0.05) is 33.6 Å². The summed E-state index contributed by atoms with van der Waals surface area (Å²) in [5.74, 6) is -0.509. The zero-order valence-corrected chi connectivity index (χ0v) is 23.8. The maximum absolute atomic E-state index is 12.3. The van der Waals surface area contributed by atoms with E-state index in [2.05, 4.69) is 72.9 Å². The number of alkyl halides is 1. The van der Waals surface area contributed by atoms with Crippen molar-refractivity contribution in [2.75, 3.05) is 11.1 Å². The van der Waals surface area contributed by atoms with Crippen LogP contribution in [0.3, 0.4) is 0 Å². The summed E-state index contributed by atoms with van der Waals surface area (Å²) in [7, 11) is -3.90. The van der Waals surface area contributed by atoms with E-state index < -0.39 is 15.9 Å². The van der Waals surface area contributed by atoms with Crippen LogP contribution in [0.5, 0.6) is 0 Å². The van der Waals surface area contributed by atoms with Gasteiger partial charge in [-0.05, 0) is 50.9 Å². The van der Waals surface area contributed by atoms with E-state index in [-0.39, 0.29) is 28.2 Å². The number of hydrogen-bond donors (Lipinski definition) is 3. The Kier molecular flexibility index (Phi) is 12.7. The van der Waals surface area contributed by atoms with Gasteiger partial charge in [-0.2, -0.15) is 8.42 Å². The van der Waals surface area contributed by atoms with Gasteiger partial charge in [0.25, 0.3) is 10.0 Å². The zero-order chi connectivity index (χ0) is 26.6. The van der Waals surface area contributed by atoms with E-state index in [4.69, 9.17) is 11.5 Å². The highest BCUT2D eigenvalue weighted by Crippen LogP contribution is 2.12. The molecular formula is C19H21Br3N8O4S. The first-order valence-electron chi connectivity index (χ1n) is 9.29. The third-order valence-electron chi connectivity index (χ3n) is 3.49. The number of anilines is 1. The van der Waals surface area contributed by atoms with Crippen molar-refractivity contribution in [1.82, 2.24) is 19.5 Å². The van der Waals surface area contributed by atoms with E-state index in [1.807, 2.05) is 6.92 Å². The Morgan fingerprint density at radius 1 is 0.971 bits per heavy atom. The van der Waals surface area contributed by atoms with Gasteiger partial charge in [0, 0.05) is 6.20 Å². The number of benzene rings is 1. The number of carbonyl (C=O) groups excluding carboxylic acids is 2. The molecular weight excluding hydrogens is 676 g/mol. The largest absolute Gasteiger partial charge is 0.382 e. The number of carbonyl (C=O) groups is 2. The molecule has 0 aliphatic heterocycles. The highest BCUT2D eigenvalue weighted by molar-refractivity contribution is 9.10. The lowest BCUT2D eigenvalue weighted by Crippen LogP contribution is -2.29. The van der Waals surface area contributed by atoms with E-state index in [9.17, 15) is 18.0 Å². The second-order valence-electron chi connectivity index (χ2n) is 6.41. The molecule has 0 atom stereocenters. The van der Waals surface area contributed by atoms with Gasteiger partial charge < -0.3 is 21.8 Å². The minimum absolute atomic E-state index is 0.0163. The molecule has 0 spiro atoms. The van der Waals surface area contributed by atoms with Gasteiger partial charge in [-0.15, -0.1) is 4.40 Å². The topological polar surface area (TPSA) is 202 Å². The minimum Gasteiger partial charge on any atom is -0.382 e.